The number of hydrogen-bond donors (Lipinski definition) is 0. The van der Waals surface area contributed by atoms with Gasteiger partial charge in [-0.05, 0) is 18.6 Å². The van der Waals surface area contributed by atoms with Crippen molar-refractivity contribution < 1.29 is 14.3 Å². The lowest BCUT2D eigenvalue weighted by atomic mass is 10.0. The summed E-state index contributed by atoms with van der Waals surface area (Å²) in [6.45, 7) is 1.47. The third-order valence-corrected chi connectivity index (χ3v) is 3.61. The van der Waals surface area contributed by atoms with E-state index in [-0.39, 0.29) is 12.0 Å². The first-order valence-corrected chi connectivity index (χ1v) is 6.18. The number of halogens is 1. The molecule has 1 unspecified atom stereocenters. The monoisotopic (exact) mass is 269 g/mol. The summed E-state index contributed by atoms with van der Waals surface area (Å²) < 4.78 is 10.1. The van der Waals surface area contributed by atoms with E-state index in [2.05, 4.69) is 0 Å². The average molecular weight is 270 g/mol. The quantitative estimate of drug-likeness (QED) is 0.785. The molecule has 0 amide bonds. The predicted molar refractivity (Wildman–Crippen MR) is 68.8 cm³/mol. The minimum atomic E-state index is -0.188. The van der Waals surface area contributed by atoms with Gasteiger partial charge in [-0.1, -0.05) is 17.7 Å². The van der Waals surface area contributed by atoms with Crippen molar-refractivity contribution in [3.8, 4) is 5.75 Å². The summed E-state index contributed by atoms with van der Waals surface area (Å²) in [5.41, 5.74) is 0.912. The molecule has 0 saturated carbocycles. The zero-order valence-corrected chi connectivity index (χ0v) is 11.2. The molecule has 1 aromatic carbocycles. The van der Waals surface area contributed by atoms with Gasteiger partial charge in [0.05, 0.1) is 14.2 Å². The molecule has 1 aliphatic heterocycles. The molecule has 18 heavy (non-hydrogen) atoms. The lowest BCUT2D eigenvalue weighted by molar-refractivity contribution is -0.152. The summed E-state index contributed by atoms with van der Waals surface area (Å²) in [6, 6.07) is 5.38. The summed E-state index contributed by atoms with van der Waals surface area (Å²) in [5, 5.41) is 0.657. The predicted octanol–water partition coefficient (Wildman–Crippen LogP) is 2.10. The van der Waals surface area contributed by atoms with Crippen LogP contribution in [0.4, 0.5) is 0 Å². The van der Waals surface area contributed by atoms with Crippen LogP contribution in [0, 0.1) is 0 Å². The molecule has 1 heterocycles. The van der Waals surface area contributed by atoms with Gasteiger partial charge in [-0.15, -0.1) is 0 Å². The van der Waals surface area contributed by atoms with Crippen LogP contribution in [0.15, 0.2) is 18.2 Å². The fourth-order valence-corrected chi connectivity index (χ4v) is 2.35. The van der Waals surface area contributed by atoms with Gasteiger partial charge in [0.1, 0.15) is 11.8 Å². The highest BCUT2D eigenvalue weighted by atomic mass is 35.5. The number of rotatable bonds is 4. The van der Waals surface area contributed by atoms with Crippen molar-refractivity contribution in [3.63, 3.8) is 0 Å². The second-order valence-electron chi connectivity index (χ2n) is 4.22. The number of likely N-dealkylation sites (tertiary alicyclic amines) is 1. The smallest absolute Gasteiger partial charge is 0.323 e. The molecule has 1 aliphatic rings. The molecule has 1 atom stereocenters. The fourth-order valence-electron chi connectivity index (χ4n) is 2.12. The lowest BCUT2D eigenvalue weighted by Crippen LogP contribution is -2.52. The van der Waals surface area contributed by atoms with Crippen LogP contribution in [-0.4, -0.2) is 37.7 Å². The SMILES string of the molecule is COC(=O)C1CCN1Cc1c(Cl)cccc1OC. The molecule has 2 rings (SSSR count). The number of hydrogen-bond acceptors (Lipinski definition) is 4. The molecule has 0 spiro atoms. The number of nitrogens with zero attached hydrogens (tertiary/aromatic N) is 1. The maximum atomic E-state index is 11.5. The zero-order valence-electron chi connectivity index (χ0n) is 10.5. The van der Waals surface area contributed by atoms with Gasteiger partial charge < -0.3 is 9.47 Å². The molecular weight excluding hydrogens is 254 g/mol. The van der Waals surface area contributed by atoms with Crippen molar-refractivity contribution in [1.29, 1.82) is 0 Å². The van der Waals surface area contributed by atoms with Crippen molar-refractivity contribution in [3.05, 3.63) is 28.8 Å². The maximum absolute atomic E-state index is 11.5. The molecule has 4 nitrogen and oxygen atoms in total. The Morgan fingerprint density at radius 2 is 2.28 bits per heavy atom. The van der Waals surface area contributed by atoms with E-state index in [0.29, 0.717) is 11.6 Å². The molecule has 5 heteroatoms. The Morgan fingerprint density at radius 3 is 2.83 bits per heavy atom. The van der Waals surface area contributed by atoms with Crippen LogP contribution >= 0.6 is 11.6 Å². The highest BCUT2D eigenvalue weighted by molar-refractivity contribution is 6.31. The molecular formula is C13H16ClNO3. The highest BCUT2D eigenvalue weighted by Crippen LogP contribution is 2.31. The first-order chi connectivity index (χ1) is 8.67. The van der Waals surface area contributed by atoms with E-state index < -0.39 is 0 Å². The van der Waals surface area contributed by atoms with Gasteiger partial charge in [0.25, 0.3) is 0 Å². The Kier molecular flexibility index (Phi) is 4.09. The van der Waals surface area contributed by atoms with E-state index in [9.17, 15) is 4.79 Å². The molecule has 0 N–H and O–H groups in total. The Bertz CT molecular complexity index is 450. The van der Waals surface area contributed by atoms with Gasteiger partial charge >= 0.3 is 5.97 Å². The van der Waals surface area contributed by atoms with E-state index in [1.165, 1.54) is 7.11 Å². The van der Waals surface area contributed by atoms with E-state index in [0.717, 1.165) is 24.3 Å². The van der Waals surface area contributed by atoms with Gasteiger partial charge in [-0.2, -0.15) is 0 Å². The number of ether oxygens (including phenoxy) is 2. The molecule has 0 bridgehead atoms. The van der Waals surface area contributed by atoms with Crippen LogP contribution in [0.5, 0.6) is 5.75 Å². The molecule has 98 valence electrons. The van der Waals surface area contributed by atoms with Gasteiger partial charge in [-0.25, -0.2) is 0 Å². The summed E-state index contributed by atoms with van der Waals surface area (Å²) in [6.07, 6.45) is 0.833. The Labute approximate surface area is 111 Å². The number of esters is 1. The third-order valence-electron chi connectivity index (χ3n) is 3.26. The normalized spacial score (nSPS) is 19.2. The van der Waals surface area contributed by atoms with Crippen molar-refractivity contribution >= 4 is 17.6 Å². The maximum Gasteiger partial charge on any atom is 0.323 e. The zero-order chi connectivity index (χ0) is 13.1. The van der Waals surface area contributed by atoms with Crippen molar-refractivity contribution in [2.24, 2.45) is 0 Å². The highest BCUT2D eigenvalue weighted by Gasteiger charge is 2.35. The second-order valence-corrected chi connectivity index (χ2v) is 4.63. The second kappa shape index (κ2) is 5.59. The van der Waals surface area contributed by atoms with Gasteiger partial charge in [0.2, 0.25) is 0 Å². The van der Waals surface area contributed by atoms with Crippen LogP contribution < -0.4 is 4.74 Å². The van der Waals surface area contributed by atoms with Crippen molar-refractivity contribution in [1.82, 2.24) is 4.90 Å². The number of benzene rings is 1. The van der Waals surface area contributed by atoms with Crippen LogP contribution in [-0.2, 0) is 16.1 Å². The summed E-state index contributed by atoms with van der Waals surface area (Å²) in [4.78, 5) is 13.5. The van der Waals surface area contributed by atoms with Gasteiger partial charge in [-0.3, -0.25) is 9.69 Å². The molecule has 1 saturated heterocycles. The van der Waals surface area contributed by atoms with Crippen LogP contribution in [0.25, 0.3) is 0 Å². The molecule has 0 aromatic heterocycles. The summed E-state index contributed by atoms with van der Waals surface area (Å²) >= 11 is 6.17. The Morgan fingerprint density at radius 1 is 1.50 bits per heavy atom. The van der Waals surface area contributed by atoms with Gasteiger partial charge in [0.15, 0.2) is 0 Å². The molecule has 1 aromatic rings. The van der Waals surface area contributed by atoms with Crippen molar-refractivity contribution in [2.45, 2.75) is 19.0 Å². The number of carbonyl (C=O) groups is 1. The van der Waals surface area contributed by atoms with Crippen LogP contribution in [0.3, 0.4) is 0 Å². The fraction of sp³-hybridized carbons (Fsp3) is 0.462. The summed E-state index contributed by atoms with van der Waals surface area (Å²) in [7, 11) is 3.03. The van der Waals surface area contributed by atoms with E-state index >= 15 is 0 Å². The number of carbonyl (C=O) groups excluding carboxylic acids is 1. The summed E-state index contributed by atoms with van der Waals surface area (Å²) in [5.74, 6) is 0.560. The van der Waals surface area contributed by atoms with E-state index in [1.54, 1.807) is 7.11 Å². The molecule has 0 aliphatic carbocycles. The van der Waals surface area contributed by atoms with E-state index in [4.69, 9.17) is 21.1 Å². The van der Waals surface area contributed by atoms with E-state index in [1.807, 2.05) is 23.1 Å². The topological polar surface area (TPSA) is 38.8 Å². The third kappa shape index (κ3) is 2.44. The standard InChI is InChI=1S/C13H16ClNO3/c1-17-12-5-3-4-10(14)9(12)8-15-7-6-11(15)13(16)18-2/h3-5,11H,6-8H2,1-2H3. The van der Waals surface area contributed by atoms with Crippen molar-refractivity contribution in [2.75, 3.05) is 20.8 Å². The van der Waals surface area contributed by atoms with Gasteiger partial charge in [0, 0.05) is 23.7 Å². The lowest BCUT2D eigenvalue weighted by Gasteiger charge is -2.39. The first kappa shape index (κ1) is 13.2. The Balaban J connectivity index is 2.12. The molecule has 1 fully saturated rings. The Hall–Kier alpha value is -1.26. The average Bonchev–Trinajstić information content (AvgIpc) is 2.35. The number of methoxy groups -OCH3 is 2. The first-order valence-electron chi connectivity index (χ1n) is 5.80. The van der Waals surface area contributed by atoms with Crippen LogP contribution in [0.1, 0.15) is 12.0 Å². The minimum absolute atomic E-state index is 0.157. The largest absolute Gasteiger partial charge is 0.496 e. The minimum Gasteiger partial charge on any atom is -0.496 e. The molecule has 0 radical (unpaired) electrons. The van der Waals surface area contributed by atoms with Crippen LogP contribution in [0.2, 0.25) is 5.02 Å².